The molecule has 1 aromatic heterocycles. The van der Waals surface area contributed by atoms with Gasteiger partial charge in [0.2, 0.25) is 0 Å². The van der Waals surface area contributed by atoms with Crippen molar-refractivity contribution in [1.82, 2.24) is 15.5 Å². The maximum absolute atomic E-state index is 12.3. The van der Waals surface area contributed by atoms with Crippen molar-refractivity contribution in [2.45, 2.75) is 31.7 Å². The van der Waals surface area contributed by atoms with Gasteiger partial charge < -0.3 is 15.4 Å². The van der Waals surface area contributed by atoms with Gasteiger partial charge in [-0.25, -0.2) is 4.79 Å². The van der Waals surface area contributed by atoms with Gasteiger partial charge in [-0.3, -0.25) is 5.10 Å². The number of alkyl halides is 3. The van der Waals surface area contributed by atoms with Gasteiger partial charge in [0.25, 0.3) is 0 Å². The van der Waals surface area contributed by atoms with E-state index in [9.17, 15) is 18.0 Å². The number of urea groups is 1. The number of carbonyl (C=O) groups is 1. The maximum Gasteiger partial charge on any atom is 0.573 e. The summed E-state index contributed by atoms with van der Waals surface area (Å²) in [5.74, 6) is -0.620. The highest BCUT2D eigenvalue weighted by Gasteiger charge is 2.32. The first kappa shape index (κ1) is 17.6. The molecule has 1 aliphatic rings. The van der Waals surface area contributed by atoms with E-state index < -0.39 is 18.1 Å². The van der Waals surface area contributed by atoms with Gasteiger partial charge in [0, 0.05) is 23.8 Å². The van der Waals surface area contributed by atoms with E-state index in [1.54, 1.807) is 12.3 Å². The fourth-order valence-electron chi connectivity index (χ4n) is 2.79. The van der Waals surface area contributed by atoms with E-state index in [4.69, 9.17) is 5.26 Å². The summed E-state index contributed by atoms with van der Waals surface area (Å²) in [6, 6.07) is 4.35. The molecule has 10 heteroatoms. The molecule has 1 aliphatic carbocycles. The van der Waals surface area contributed by atoms with E-state index in [1.807, 2.05) is 0 Å². The summed E-state index contributed by atoms with van der Waals surface area (Å²) < 4.78 is 40.6. The first-order valence-electron chi connectivity index (χ1n) is 7.72. The number of carbonyl (C=O) groups excluding carboxylic acids is 1. The molecule has 0 saturated heterocycles. The molecule has 2 amide bonds. The lowest BCUT2D eigenvalue weighted by Crippen LogP contribution is -2.41. The van der Waals surface area contributed by atoms with Gasteiger partial charge in [-0.2, -0.15) is 10.4 Å². The molecule has 0 bridgehead atoms. The van der Waals surface area contributed by atoms with Crippen LogP contribution in [0.1, 0.15) is 23.2 Å². The number of hydrogen-bond acceptors (Lipinski definition) is 4. The summed E-state index contributed by atoms with van der Waals surface area (Å²) in [6.45, 7) is 0. The van der Waals surface area contributed by atoms with E-state index >= 15 is 0 Å². The minimum absolute atomic E-state index is 0.0915. The molecule has 136 valence electrons. The average Bonchev–Trinajstić information content (AvgIpc) is 3.02. The van der Waals surface area contributed by atoms with Gasteiger partial charge in [0.05, 0.1) is 11.8 Å². The Kier molecular flexibility index (Phi) is 4.71. The van der Waals surface area contributed by atoms with E-state index in [1.165, 1.54) is 6.07 Å². The quantitative estimate of drug-likeness (QED) is 0.778. The lowest BCUT2D eigenvalue weighted by Gasteiger charge is -2.23. The first-order chi connectivity index (χ1) is 12.3. The van der Waals surface area contributed by atoms with Crippen LogP contribution in [0.25, 0.3) is 0 Å². The fraction of sp³-hybridized carbons (Fsp3) is 0.312. The van der Waals surface area contributed by atoms with Crippen LogP contribution in [-0.2, 0) is 12.8 Å². The van der Waals surface area contributed by atoms with Gasteiger partial charge in [0.1, 0.15) is 11.8 Å². The van der Waals surface area contributed by atoms with Crippen LogP contribution in [0, 0.1) is 11.3 Å². The van der Waals surface area contributed by atoms with Gasteiger partial charge >= 0.3 is 12.4 Å². The average molecular weight is 365 g/mol. The molecule has 3 N–H and O–H groups in total. The van der Waals surface area contributed by atoms with E-state index in [0.717, 1.165) is 36.2 Å². The molecule has 1 atom stereocenters. The number of aryl methyl sites for hydroxylation is 1. The zero-order chi connectivity index (χ0) is 18.7. The number of ether oxygens (including phenoxy) is 1. The minimum Gasteiger partial charge on any atom is -0.404 e. The highest BCUT2D eigenvalue weighted by Crippen LogP contribution is 2.28. The third kappa shape index (κ3) is 4.24. The number of fused-ring (bicyclic) bond motifs is 1. The van der Waals surface area contributed by atoms with Gasteiger partial charge in [0.15, 0.2) is 0 Å². The molecule has 3 rings (SSSR count). The standard InChI is InChI=1S/C16H14F3N5O2/c17-16(18,19)26-14-4-3-11(5-10(14)7-20)22-15(25)23-12-2-1-9-8-21-24-13(9)6-12/h3-5,8,12H,1-2,6H2,(H,21,24)(H2,22,23,25). The smallest absolute Gasteiger partial charge is 0.404 e. The van der Waals surface area contributed by atoms with Gasteiger partial charge in [-0.05, 0) is 36.6 Å². The number of nitrogens with one attached hydrogen (secondary N) is 3. The SMILES string of the molecule is N#Cc1cc(NC(=O)NC2CCc3cn[nH]c3C2)ccc1OC(F)(F)F. The Bertz CT molecular complexity index is 856. The zero-order valence-electron chi connectivity index (χ0n) is 13.4. The van der Waals surface area contributed by atoms with Crippen LogP contribution in [-0.4, -0.2) is 28.6 Å². The number of H-pyrrole nitrogens is 1. The van der Waals surface area contributed by atoms with Crippen molar-refractivity contribution >= 4 is 11.7 Å². The van der Waals surface area contributed by atoms with Crippen molar-refractivity contribution in [3.8, 4) is 11.8 Å². The van der Waals surface area contributed by atoms with Crippen molar-refractivity contribution in [3.05, 3.63) is 41.2 Å². The molecule has 7 nitrogen and oxygen atoms in total. The van der Waals surface area contributed by atoms with Crippen LogP contribution in [0.3, 0.4) is 0 Å². The third-order valence-corrected chi connectivity index (χ3v) is 3.94. The molecule has 1 aromatic carbocycles. The van der Waals surface area contributed by atoms with Crippen molar-refractivity contribution < 1.29 is 22.7 Å². The van der Waals surface area contributed by atoms with Crippen molar-refractivity contribution in [2.75, 3.05) is 5.32 Å². The molecule has 1 unspecified atom stereocenters. The molecule has 1 heterocycles. The lowest BCUT2D eigenvalue weighted by molar-refractivity contribution is -0.274. The summed E-state index contributed by atoms with van der Waals surface area (Å²) in [5, 5.41) is 21.1. The molecule has 0 fully saturated rings. The molecule has 2 aromatic rings. The fourth-order valence-corrected chi connectivity index (χ4v) is 2.79. The summed E-state index contributed by atoms with van der Waals surface area (Å²) in [4.78, 5) is 12.1. The van der Waals surface area contributed by atoms with Crippen LogP contribution < -0.4 is 15.4 Å². The topological polar surface area (TPSA) is 103 Å². The molecule has 0 spiro atoms. The largest absolute Gasteiger partial charge is 0.573 e. The number of aromatic amines is 1. The summed E-state index contributed by atoms with van der Waals surface area (Å²) in [5.41, 5.74) is 1.95. The highest BCUT2D eigenvalue weighted by molar-refractivity contribution is 5.89. The number of nitrogens with zero attached hydrogens (tertiary/aromatic N) is 2. The van der Waals surface area contributed by atoms with Crippen molar-refractivity contribution in [3.63, 3.8) is 0 Å². The van der Waals surface area contributed by atoms with Crippen LogP contribution in [0.15, 0.2) is 24.4 Å². The third-order valence-electron chi connectivity index (χ3n) is 3.94. The second kappa shape index (κ2) is 6.95. The molecular weight excluding hydrogens is 351 g/mol. The number of nitriles is 1. The number of benzene rings is 1. The van der Waals surface area contributed by atoms with Gasteiger partial charge in [-0.1, -0.05) is 0 Å². The molecule has 0 radical (unpaired) electrons. The second-order valence-electron chi connectivity index (χ2n) is 5.78. The summed E-state index contributed by atoms with van der Waals surface area (Å²) in [6.07, 6.45) is -0.977. The van der Waals surface area contributed by atoms with Crippen LogP contribution in [0.4, 0.5) is 23.7 Å². The zero-order valence-corrected chi connectivity index (χ0v) is 13.4. The van der Waals surface area contributed by atoms with Gasteiger partial charge in [-0.15, -0.1) is 13.2 Å². The van der Waals surface area contributed by atoms with Crippen LogP contribution in [0.2, 0.25) is 0 Å². The lowest BCUT2D eigenvalue weighted by atomic mass is 9.94. The number of amides is 2. The molecule has 0 saturated carbocycles. The Morgan fingerprint density at radius 1 is 1.42 bits per heavy atom. The Balaban J connectivity index is 1.62. The number of aromatic nitrogens is 2. The molecular formula is C16H14F3N5O2. The predicted molar refractivity (Wildman–Crippen MR) is 84.4 cm³/mol. The maximum atomic E-state index is 12.3. The van der Waals surface area contributed by atoms with Crippen molar-refractivity contribution in [2.24, 2.45) is 0 Å². The summed E-state index contributed by atoms with van der Waals surface area (Å²) in [7, 11) is 0. The summed E-state index contributed by atoms with van der Waals surface area (Å²) >= 11 is 0. The Hall–Kier alpha value is -3.22. The highest BCUT2D eigenvalue weighted by atomic mass is 19.4. The molecule has 26 heavy (non-hydrogen) atoms. The molecule has 0 aliphatic heterocycles. The first-order valence-corrected chi connectivity index (χ1v) is 7.72. The number of anilines is 1. The van der Waals surface area contributed by atoms with E-state index in [-0.39, 0.29) is 17.3 Å². The monoisotopic (exact) mass is 365 g/mol. The second-order valence-corrected chi connectivity index (χ2v) is 5.78. The number of rotatable bonds is 3. The Morgan fingerprint density at radius 3 is 2.96 bits per heavy atom. The predicted octanol–water partition coefficient (Wildman–Crippen LogP) is 2.86. The van der Waals surface area contributed by atoms with Crippen molar-refractivity contribution in [1.29, 1.82) is 5.26 Å². The number of halogens is 3. The van der Waals surface area contributed by atoms with E-state index in [0.29, 0.717) is 6.42 Å². The normalized spacial score (nSPS) is 16.3. The van der Waals surface area contributed by atoms with Crippen LogP contribution in [0.5, 0.6) is 5.75 Å². The Morgan fingerprint density at radius 2 is 2.23 bits per heavy atom. The Labute approximate surface area is 146 Å². The van der Waals surface area contributed by atoms with E-state index in [2.05, 4.69) is 25.6 Å². The van der Waals surface area contributed by atoms with Crippen LogP contribution >= 0.6 is 0 Å². The number of hydrogen-bond donors (Lipinski definition) is 3. The minimum atomic E-state index is -4.90.